The molecule has 3 rings (SSSR count). The minimum absolute atomic E-state index is 0.169. The van der Waals surface area contributed by atoms with Crippen LogP contribution in [-0.2, 0) is 11.3 Å². The van der Waals surface area contributed by atoms with E-state index in [2.05, 4.69) is 4.98 Å². The van der Waals surface area contributed by atoms with E-state index in [4.69, 9.17) is 16.3 Å². The molecule has 0 spiro atoms. The molecule has 0 saturated carbocycles. The third-order valence-electron chi connectivity index (χ3n) is 4.78. The lowest BCUT2D eigenvalue weighted by Gasteiger charge is -2.26. The Balaban J connectivity index is 1.82. The van der Waals surface area contributed by atoms with Gasteiger partial charge in [-0.1, -0.05) is 29.8 Å². The van der Waals surface area contributed by atoms with Crippen LogP contribution in [0.5, 0.6) is 5.75 Å². The number of carbonyl (C=O) groups excluding carboxylic acids is 1. The van der Waals surface area contributed by atoms with Gasteiger partial charge in [-0.05, 0) is 67.4 Å². The predicted molar refractivity (Wildman–Crippen MR) is 122 cm³/mol. The first kappa shape index (κ1) is 21.7. The molecule has 30 heavy (non-hydrogen) atoms. The number of anilines is 2. The third kappa shape index (κ3) is 5.30. The highest BCUT2D eigenvalue weighted by atomic mass is 35.5. The standard InChI is InChI=1S/C24H26ClN3O2/c1-17-15-21(12-13-22(17)25)30-18(2)24(29)28(23-7-5-6-14-26-23)16-19-8-10-20(11-9-19)27(3)4/h5-15,18H,16H2,1-4H3/t18-/m1/s1. The first-order chi connectivity index (χ1) is 14.3. The Hall–Kier alpha value is -3.05. The highest BCUT2D eigenvalue weighted by Crippen LogP contribution is 2.23. The number of aryl methyl sites for hydroxylation is 1. The Kier molecular flexibility index (Phi) is 6.95. The first-order valence-corrected chi connectivity index (χ1v) is 10.1. The number of aromatic nitrogens is 1. The zero-order chi connectivity index (χ0) is 21.7. The van der Waals surface area contributed by atoms with Crippen molar-refractivity contribution in [1.29, 1.82) is 0 Å². The molecule has 2 aromatic carbocycles. The molecular formula is C24H26ClN3O2. The van der Waals surface area contributed by atoms with Gasteiger partial charge in [-0.15, -0.1) is 0 Å². The summed E-state index contributed by atoms with van der Waals surface area (Å²) in [4.78, 5) is 21.4. The van der Waals surface area contributed by atoms with Gasteiger partial charge in [0.25, 0.3) is 5.91 Å². The summed E-state index contributed by atoms with van der Waals surface area (Å²) >= 11 is 6.09. The van der Waals surface area contributed by atoms with Crippen LogP contribution in [0.25, 0.3) is 0 Å². The predicted octanol–water partition coefficient (Wildman–Crippen LogP) is 5.11. The smallest absolute Gasteiger partial charge is 0.269 e. The SMILES string of the molecule is Cc1cc(O[C@H](C)C(=O)N(Cc2ccc(N(C)C)cc2)c2ccccn2)ccc1Cl. The van der Waals surface area contributed by atoms with Crippen molar-refractivity contribution in [2.24, 2.45) is 0 Å². The summed E-state index contributed by atoms with van der Waals surface area (Å²) in [6, 6.07) is 19.0. The molecule has 1 heterocycles. The van der Waals surface area contributed by atoms with E-state index >= 15 is 0 Å². The van der Waals surface area contributed by atoms with Crippen LogP contribution in [0, 0.1) is 6.92 Å². The quantitative estimate of drug-likeness (QED) is 0.529. The van der Waals surface area contributed by atoms with Crippen LogP contribution in [-0.4, -0.2) is 31.1 Å². The van der Waals surface area contributed by atoms with Gasteiger partial charge in [0, 0.05) is 31.0 Å². The van der Waals surface area contributed by atoms with E-state index in [1.807, 2.05) is 74.4 Å². The van der Waals surface area contributed by atoms with Gasteiger partial charge >= 0.3 is 0 Å². The van der Waals surface area contributed by atoms with E-state index in [0.29, 0.717) is 23.1 Å². The molecule has 1 atom stereocenters. The van der Waals surface area contributed by atoms with Gasteiger partial charge < -0.3 is 9.64 Å². The lowest BCUT2D eigenvalue weighted by atomic mass is 10.1. The second-order valence-electron chi connectivity index (χ2n) is 7.34. The maximum Gasteiger partial charge on any atom is 0.269 e. The molecule has 0 aliphatic carbocycles. The molecule has 0 N–H and O–H groups in total. The Morgan fingerprint density at radius 2 is 1.83 bits per heavy atom. The van der Waals surface area contributed by atoms with E-state index in [1.54, 1.807) is 30.2 Å². The fourth-order valence-electron chi connectivity index (χ4n) is 3.03. The number of ether oxygens (including phenoxy) is 1. The summed E-state index contributed by atoms with van der Waals surface area (Å²) in [6.07, 6.45) is 0.993. The molecule has 0 radical (unpaired) electrons. The lowest BCUT2D eigenvalue weighted by Crippen LogP contribution is -2.40. The molecule has 0 unspecified atom stereocenters. The molecule has 5 nitrogen and oxygen atoms in total. The van der Waals surface area contributed by atoms with Gasteiger partial charge in [0.2, 0.25) is 0 Å². The number of benzene rings is 2. The second kappa shape index (κ2) is 9.63. The average molecular weight is 424 g/mol. The number of halogens is 1. The number of nitrogens with zero attached hydrogens (tertiary/aromatic N) is 3. The molecule has 0 saturated heterocycles. The molecule has 1 aromatic heterocycles. The van der Waals surface area contributed by atoms with Gasteiger partial charge in [-0.25, -0.2) is 4.98 Å². The van der Waals surface area contributed by atoms with E-state index < -0.39 is 6.10 Å². The van der Waals surface area contributed by atoms with Gasteiger partial charge in [0.05, 0.1) is 6.54 Å². The first-order valence-electron chi connectivity index (χ1n) is 9.76. The number of hydrogen-bond donors (Lipinski definition) is 0. The van der Waals surface area contributed by atoms with E-state index in [0.717, 1.165) is 16.8 Å². The monoisotopic (exact) mass is 423 g/mol. The van der Waals surface area contributed by atoms with E-state index in [-0.39, 0.29) is 5.91 Å². The summed E-state index contributed by atoms with van der Waals surface area (Å²) in [5.74, 6) is 1.02. The maximum absolute atomic E-state index is 13.3. The Labute approximate surface area is 182 Å². The summed E-state index contributed by atoms with van der Waals surface area (Å²) in [5.41, 5.74) is 3.01. The summed E-state index contributed by atoms with van der Waals surface area (Å²) in [6.45, 7) is 4.05. The van der Waals surface area contributed by atoms with Crippen molar-refractivity contribution in [2.45, 2.75) is 26.5 Å². The van der Waals surface area contributed by atoms with Crippen LogP contribution in [0.4, 0.5) is 11.5 Å². The largest absolute Gasteiger partial charge is 0.481 e. The number of rotatable bonds is 7. The summed E-state index contributed by atoms with van der Waals surface area (Å²) in [5, 5.41) is 0.664. The van der Waals surface area contributed by atoms with Crippen LogP contribution < -0.4 is 14.5 Å². The number of hydrogen-bond acceptors (Lipinski definition) is 4. The highest BCUT2D eigenvalue weighted by molar-refractivity contribution is 6.31. The molecule has 0 fully saturated rings. The molecule has 3 aromatic rings. The molecule has 1 amide bonds. The van der Waals surface area contributed by atoms with Gasteiger partial charge in [0.1, 0.15) is 11.6 Å². The van der Waals surface area contributed by atoms with Crippen molar-refractivity contribution >= 4 is 29.0 Å². The Morgan fingerprint density at radius 3 is 2.43 bits per heavy atom. The third-order valence-corrected chi connectivity index (χ3v) is 5.20. The van der Waals surface area contributed by atoms with Crippen molar-refractivity contribution in [3.05, 3.63) is 83.0 Å². The molecule has 156 valence electrons. The van der Waals surface area contributed by atoms with Crippen molar-refractivity contribution < 1.29 is 9.53 Å². The zero-order valence-corrected chi connectivity index (χ0v) is 18.4. The van der Waals surface area contributed by atoms with E-state index in [1.165, 1.54) is 0 Å². The molecule has 6 heteroatoms. The fraction of sp³-hybridized carbons (Fsp3) is 0.250. The topological polar surface area (TPSA) is 45.7 Å². The Morgan fingerprint density at radius 1 is 1.10 bits per heavy atom. The van der Waals surface area contributed by atoms with Crippen molar-refractivity contribution in [3.63, 3.8) is 0 Å². The maximum atomic E-state index is 13.3. The zero-order valence-electron chi connectivity index (χ0n) is 17.7. The van der Waals surface area contributed by atoms with Crippen LogP contribution in [0.1, 0.15) is 18.1 Å². The average Bonchev–Trinajstić information content (AvgIpc) is 2.75. The van der Waals surface area contributed by atoms with Crippen molar-refractivity contribution in [3.8, 4) is 5.75 Å². The second-order valence-corrected chi connectivity index (χ2v) is 7.75. The minimum Gasteiger partial charge on any atom is -0.481 e. The summed E-state index contributed by atoms with van der Waals surface area (Å²) in [7, 11) is 3.99. The molecule has 0 bridgehead atoms. The number of amides is 1. The van der Waals surface area contributed by atoms with Crippen LogP contribution in [0.2, 0.25) is 5.02 Å². The van der Waals surface area contributed by atoms with Gasteiger partial charge in [-0.2, -0.15) is 0 Å². The van der Waals surface area contributed by atoms with Crippen molar-refractivity contribution in [1.82, 2.24) is 4.98 Å². The van der Waals surface area contributed by atoms with Gasteiger partial charge in [-0.3, -0.25) is 9.69 Å². The van der Waals surface area contributed by atoms with Gasteiger partial charge in [0.15, 0.2) is 6.10 Å². The van der Waals surface area contributed by atoms with Crippen molar-refractivity contribution in [2.75, 3.05) is 23.9 Å². The van der Waals surface area contributed by atoms with Crippen LogP contribution in [0.15, 0.2) is 66.9 Å². The highest BCUT2D eigenvalue weighted by Gasteiger charge is 2.25. The Bertz CT molecular complexity index is 991. The van der Waals surface area contributed by atoms with Crippen LogP contribution >= 0.6 is 11.6 Å². The minimum atomic E-state index is -0.686. The van der Waals surface area contributed by atoms with E-state index in [9.17, 15) is 4.79 Å². The fourth-order valence-corrected chi connectivity index (χ4v) is 3.15. The molecule has 0 aliphatic rings. The number of carbonyl (C=O) groups is 1. The molecule has 0 aliphatic heterocycles. The van der Waals surface area contributed by atoms with Crippen LogP contribution in [0.3, 0.4) is 0 Å². The normalized spacial score (nSPS) is 11.6. The number of pyridine rings is 1. The summed E-state index contributed by atoms with van der Waals surface area (Å²) < 4.78 is 5.92. The lowest BCUT2D eigenvalue weighted by molar-refractivity contribution is -0.124. The molecular weight excluding hydrogens is 398 g/mol.